The van der Waals surface area contributed by atoms with Gasteiger partial charge in [-0.05, 0) is 19.1 Å². The van der Waals surface area contributed by atoms with Gasteiger partial charge in [0.25, 0.3) is 0 Å². The van der Waals surface area contributed by atoms with Crippen molar-refractivity contribution in [2.75, 3.05) is 11.6 Å². The van der Waals surface area contributed by atoms with Crippen molar-refractivity contribution >= 4 is 21.6 Å². The van der Waals surface area contributed by atoms with Gasteiger partial charge in [-0.1, -0.05) is 6.07 Å². The Kier molecular flexibility index (Phi) is 3.41. The van der Waals surface area contributed by atoms with Crippen LogP contribution in [0.25, 0.3) is 0 Å². The zero-order valence-corrected chi connectivity index (χ0v) is 9.28. The topological polar surface area (TPSA) is 76.1 Å². The van der Waals surface area contributed by atoms with E-state index in [-0.39, 0.29) is 0 Å². The van der Waals surface area contributed by atoms with E-state index in [9.17, 15) is 13.2 Å². The summed E-state index contributed by atoms with van der Waals surface area (Å²) in [6.45, 7) is 1.34. The molecule has 0 fully saturated rings. The molecule has 0 unspecified atom stereocenters. The minimum atomic E-state index is -3.36. The monoisotopic (exact) mass is 228 g/mol. The van der Waals surface area contributed by atoms with E-state index in [1.165, 1.54) is 13.1 Å². The summed E-state index contributed by atoms with van der Waals surface area (Å²) in [6.07, 6.45) is 2.54. The molecule has 0 radical (unpaired) electrons. The Labute approximate surface area is 88.4 Å². The van der Waals surface area contributed by atoms with Crippen LogP contribution in [0.15, 0.2) is 24.4 Å². The fourth-order valence-electron chi connectivity index (χ4n) is 0.859. The van der Waals surface area contributed by atoms with Gasteiger partial charge >= 0.3 is 0 Å². The predicted molar refractivity (Wildman–Crippen MR) is 57.2 cm³/mol. The van der Waals surface area contributed by atoms with E-state index in [2.05, 4.69) is 10.3 Å². The Hall–Kier alpha value is -1.43. The molecule has 0 saturated heterocycles. The normalized spacial score (nSPS) is 13.2. The van der Waals surface area contributed by atoms with Crippen molar-refractivity contribution in [3.63, 3.8) is 0 Å². The second-order valence-electron chi connectivity index (χ2n) is 3.18. The average Bonchev–Trinajstić information content (AvgIpc) is 2.16. The van der Waals surface area contributed by atoms with Crippen molar-refractivity contribution in [3.8, 4) is 0 Å². The Balaban J connectivity index is 2.73. The second kappa shape index (κ2) is 4.39. The Morgan fingerprint density at radius 1 is 1.47 bits per heavy atom. The predicted octanol–water partition coefficient (Wildman–Crippen LogP) is 0.453. The van der Waals surface area contributed by atoms with E-state index in [0.29, 0.717) is 5.82 Å². The highest BCUT2D eigenvalue weighted by Crippen LogP contribution is 2.04. The first kappa shape index (κ1) is 11.6. The summed E-state index contributed by atoms with van der Waals surface area (Å²) in [6, 6.07) is 5.00. The zero-order chi connectivity index (χ0) is 11.5. The maximum absolute atomic E-state index is 11.4. The number of hydrogen-bond donors (Lipinski definition) is 1. The highest BCUT2D eigenvalue weighted by molar-refractivity contribution is 7.92. The van der Waals surface area contributed by atoms with E-state index in [1.807, 2.05) is 0 Å². The summed E-state index contributed by atoms with van der Waals surface area (Å²) < 4.78 is 22.2. The van der Waals surface area contributed by atoms with Gasteiger partial charge in [0.05, 0.1) is 0 Å². The lowest BCUT2D eigenvalue weighted by molar-refractivity contribution is -0.115. The maximum Gasteiger partial charge on any atom is 0.243 e. The molecule has 1 aromatic rings. The first-order chi connectivity index (χ1) is 6.91. The molecule has 1 rings (SSSR count). The van der Waals surface area contributed by atoms with Crippen molar-refractivity contribution in [2.24, 2.45) is 0 Å². The lowest BCUT2D eigenvalue weighted by Crippen LogP contribution is -2.32. The van der Waals surface area contributed by atoms with Crippen LogP contribution in [-0.2, 0) is 14.6 Å². The van der Waals surface area contributed by atoms with Crippen molar-refractivity contribution in [3.05, 3.63) is 24.4 Å². The van der Waals surface area contributed by atoms with Crippen molar-refractivity contribution < 1.29 is 13.2 Å². The number of aromatic nitrogens is 1. The molecule has 0 aliphatic heterocycles. The average molecular weight is 228 g/mol. The summed E-state index contributed by atoms with van der Waals surface area (Å²) in [5.41, 5.74) is 0. The number of nitrogens with one attached hydrogen (secondary N) is 1. The van der Waals surface area contributed by atoms with Crippen molar-refractivity contribution in [1.82, 2.24) is 4.98 Å². The number of carbonyl (C=O) groups is 1. The molecule has 1 aromatic heterocycles. The molecule has 0 aromatic carbocycles. The van der Waals surface area contributed by atoms with Crippen LogP contribution in [0.5, 0.6) is 0 Å². The zero-order valence-electron chi connectivity index (χ0n) is 8.47. The van der Waals surface area contributed by atoms with Gasteiger partial charge in [-0.25, -0.2) is 13.4 Å². The lowest BCUT2D eigenvalue weighted by atomic mass is 10.4. The van der Waals surface area contributed by atoms with Crippen LogP contribution in [-0.4, -0.2) is 30.8 Å². The third-order valence-electron chi connectivity index (χ3n) is 1.93. The number of hydrogen-bond acceptors (Lipinski definition) is 4. The standard InChI is InChI=1S/C9H12N2O3S/c1-7(15(2,13)14)9(12)11-8-5-3-4-6-10-8/h3-7H,1-2H3,(H,10,11,12)/t7-/m1/s1. The van der Waals surface area contributed by atoms with E-state index < -0.39 is 21.0 Å². The van der Waals surface area contributed by atoms with Crippen LogP contribution in [0.2, 0.25) is 0 Å². The highest BCUT2D eigenvalue weighted by atomic mass is 32.2. The Morgan fingerprint density at radius 3 is 2.60 bits per heavy atom. The third-order valence-corrected chi connectivity index (χ3v) is 3.43. The van der Waals surface area contributed by atoms with E-state index in [4.69, 9.17) is 0 Å². The SMILES string of the molecule is C[C@H](C(=O)Nc1ccccn1)S(C)(=O)=O. The van der Waals surface area contributed by atoms with E-state index >= 15 is 0 Å². The first-order valence-corrected chi connectivity index (χ1v) is 6.27. The summed E-state index contributed by atoms with van der Waals surface area (Å²) in [5.74, 6) is -0.228. The molecule has 1 N–H and O–H groups in total. The first-order valence-electron chi connectivity index (χ1n) is 4.32. The maximum atomic E-state index is 11.4. The van der Waals surface area contributed by atoms with Crippen LogP contribution in [0.4, 0.5) is 5.82 Å². The van der Waals surface area contributed by atoms with Crippen molar-refractivity contribution in [2.45, 2.75) is 12.2 Å². The molecule has 82 valence electrons. The molecule has 5 nitrogen and oxygen atoms in total. The van der Waals surface area contributed by atoms with Gasteiger partial charge in [-0.3, -0.25) is 4.79 Å². The van der Waals surface area contributed by atoms with Crippen LogP contribution >= 0.6 is 0 Å². The van der Waals surface area contributed by atoms with E-state index in [0.717, 1.165) is 6.26 Å². The van der Waals surface area contributed by atoms with Gasteiger partial charge in [-0.15, -0.1) is 0 Å². The van der Waals surface area contributed by atoms with Gasteiger partial charge < -0.3 is 5.32 Å². The molecule has 0 aliphatic carbocycles. The lowest BCUT2D eigenvalue weighted by Gasteiger charge is -2.09. The summed E-state index contributed by atoms with van der Waals surface area (Å²) in [4.78, 5) is 15.3. The fraction of sp³-hybridized carbons (Fsp3) is 0.333. The molecule has 1 heterocycles. The molecular weight excluding hydrogens is 216 g/mol. The minimum Gasteiger partial charge on any atom is -0.310 e. The van der Waals surface area contributed by atoms with Gasteiger partial charge in [0.2, 0.25) is 5.91 Å². The molecule has 0 spiro atoms. The van der Waals surface area contributed by atoms with Gasteiger partial charge in [0.1, 0.15) is 11.1 Å². The smallest absolute Gasteiger partial charge is 0.243 e. The number of nitrogens with zero attached hydrogens (tertiary/aromatic N) is 1. The minimum absolute atomic E-state index is 0.345. The van der Waals surface area contributed by atoms with Crippen LogP contribution in [0, 0.1) is 0 Å². The Bertz CT molecular complexity index is 442. The number of amides is 1. The van der Waals surface area contributed by atoms with Crippen LogP contribution < -0.4 is 5.32 Å². The molecule has 0 bridgehead atoms. The van der Waals surface area contributed by atoms with Crippen LogP contribution in [0.3, 0.4) is 0 Å². The van der Waals surface area contributed by atoms with Gasteiger partial charge in [0.15, 0.2) is 9.84 Å². The summed E-state index contributed by atoms with van der Waals surface area (Å²) in [7, 11) is -3.36. The largest absolute Gasteiger partial charge is 0.310 e. The number of anilines is 1. The summed E-state index contributed by atoms with van der Waals surface area (Å²) in [5, 5.41) is 1.35. The van der Waals surface area contributed by atoms with Crippen molar-refractivity contribution in [1.29, 1.82) is 0 Å². The van der Waals surface area contributed by atoms with Gasteiger partial charge in [-0.2, -0.15) is 0 Å². The third kappa shape index (κ3) is 3.32. The second-order valence-corrected chi connectivity index (χ2v) is 5.54. The summed E-state index contributed by atoms with van der Waals surface area (Å²) >= 11 is 0. The number of rotatable bonds is 3. The quantitative estimate of drug-likeness (QED) is 0.815. The molecule has 0 aliphatic rings. The number of sulfone groups is 1. The molecule has 1 amide bonds. The molecular formula is C9H12N2O3S. The van der Waals surface area contributed by atoms with E-state index in [1.54, 1.807) is 18.2 Å². The number of pyridine rings is 1. The molecule has 15 heavy (non-hydrogen) atoms. The fourth-order valence-corrected chi connectivity index (χ4v) is 1.31. The van der Waals surface area contributed by atoms with Gasteiger partial charge in [0, 0.05) is 12.5 Å². The highest BCUT2D eigenvalue weighted by Gasteiger charge is 2.23. The molecule has 6 heteroatoms. The number of carbonyl (C=O) groups excluding carboxylic acids is 1. The Morgan fingerprint density at radius 2 is 2.13 bits per heavy atom. The molecule has 1 atom stereocenters. The van der Waals surface area contributed by atoms with Crippen LogP contribution in [0.1, 0.15) is 6.92 Å². The molecule has 0 saturated carbocycles.